The van der Waals surface area contributed by atoms with Gasteiger partial charge in [0.15, 0.2) is 11.5 Å². The number of cyclic esters (lactones) is 2. The summed E-state index contributed by atoms with van der Waals surface area (Å²) in [5, 5.41) is 14.5. The molecule has 2 N–H and O–H groups in total. The predicted octanol–water partition coefficient (Wildman–Crippen LogP) is 0.116. The Kier molecular flexibility index (Phi) is 8.55. The smallest absolute Gasteiger partial charge is 0.352 e. The van der Waals surface area contributed by atoms with Crippen molar-refractivity contribution < 1.29 is 55.7 Å². The average Bonchev–Trinajstić information content (AvgIpc) is 2.99. The summed E-state index contributed by atoms with van der Waals surface area (Å²) in [5.74, 6) is -7.69. The zero-order chi connectivity index (χ0) is 23.6. The molecule has 168 valence electrons. The van der Waals surface area contributed by atoms with E-state index in [1.165, 1.54) is 0 Å². The molecule has 0 aromatic rings. The highest BCUT2D eigenvalue weighted by Gasteiger charge is 2.43. The molecule has 2 aliphatic rings. The van der Waals surface area contributed by atoms with Gasteiger partial charge in [-0.15, -0.1) is 0 Å². The molecular weight excluding hydrogens is 542 g/mol. The lowest BCUT2D eigenvalue weighted by atomic mass is 10.5. The van der Waals surface area contributed by atoms with Gasteiger partial charge in [0.25, 0.3) is 0 Å². The Balaban J connectivity index is 0.000000300. The van der Waals surface area contributed by atoms with E-state index in [-0.39, 0.29) is 0 Å². The van der Waals surface area contributed by atoms with Crippen LogP contribution < -0.4 is 0 Å². The highest BCUT2D eigenvalue weighted by Crippen LogP contribution is 2.32. The summed E-state index contributed by atoms with van der Waals surface area (Å²) in [4.78, 5) is 42.1. The molecule has 0 spiro atoms. The molecular formula is C12H8Cl4O12S2. The van der Waals surface area contributed by atoms with Gasteiger partial charge in [0.05, 0.1) is 0 Å². The summed E-state index contributed by atoms with van der Waals surface area (Å²) < 4.78 is 53.9. The summed E-state index contributed by atoms with van der Waals surface area (Å²) in [6, 6.07) is 0. The minimum absolute atomic E-state index is 0.511. The molecule has 2 rings (SSSR count). The average molecular weight is 550 g/mol. The number of carbonyl (C=O) groups excluding carboxylic acids is 2. The highest BCUT2D eigenvalue weighted by molar-refractivity contribution is 7.93. The van der Waals surface area contributed by atoms with Crippen LogP contribution >= 0.6 is 46.4 Å². The van der Waals surface area contributed by atoms with Crippen molar-refractivity contribution in [2.45, 2.75) is 10.9 Å². The van der Waals surface area contributed by atoms with Crippen molar-refractivity contribution in [2.75, 3.05) is 11.5 Å². The van der Waals surface area contributed by atoms with Gasteiger partial charge >= 0.3 is 23.9 Å². The van der Waals surface area contributed by atoms with E-state index in [9.17, 15) is 36.0 Å². The Hall–Kier alpha value is -1.58. The fourth-order valence-corrected chi connectivity index (χ4v) is 5.56. The molecule has 18 heteroatoms. The fraction of sp³-hybridized carbons (Fsp3) is 0.333. The highest BCUT2D eigenvalue weighted by atomic mass is 35.5. The van der Waals surface area contributed by atoms with Gasteiger partial charge in [0.2, 0.25) is 30.5 Å². The van der Waals surface area contributed by atoms with E-state index in [0.717, 1.165) is 0 Å². The topological polar surface area (TPSA) is 195 Å². The van der Waals surface area contributed by atoms with Crippen molar-refractivity contribution in [3.63, 3.8) is 0 Å². The van der Waals surface area contributed by atoms with Crippen molar-refractivity contribution in [3.8, 4) is 0 Å². The van der Waals surface area contributed by atoms with Crippen LogP contribution in [-0.4, -0.2) is 73.3 Å². The van der Waals surface area contributed by atoms with Crippen LogP contribution in [0.2, 0.25) is 0 Å². The van der Waals surface area contributed by atoms with E-state index in [1.54, 1.807) is 0 Å². The van der Waals surface area contributed by atoms with Crippen LogP contribution in [0.4, 0.5) is 0 Å². The standard InChI is InChI=1S/2C6H4Cl2O6S/c2*7-3-4(8)6(14-5(3)11)15(12,13)1-2(9)10/h2*6H,1H2,(H,9,10)/t2*6-/m10/s1. The number of rotatable bonds is 6. The van der Waals surface area contributed by atoms with Crippen molar-refractivity contribution in [2.24, 2.45) is 0 Å². The summed E-state index contributed by atoms with van der Waals surface area (Å²) >= 11 is 21.5. The van der Waals surface area contributed by atoms with Crippen LogP contribution in [0.15, 0.2) is 20.1 Å². The Morgan fingerprint density at radius 2 is 1.00 bits per heavy atom. The zero-order valence-electron chi connectivity index (χ0n) is 13.9. The number of aliphatic carboxylic acids is 2. The summed E-state index contributed by atoms with van der Waals surface area (Å²) in [6.45, 7) is 0. The van der Waals surface area contributed by atoms with Crippen LogP contribution in [0, 0.1) is 0 Å². The number of halogens is 4. The molecule has 0 fully saturated rings. The minimum atomic E-state index is -4.19. The second-order valence-electron chi connectivity index (χ2n) is 5.20. The van der Waals surface area contributed by atoms with Gasteiger partial charge in [-0.1, -0.05) is 46.4 Å². The van der Waals surface area contributed by atoms with Gasteiger partial charge in [0.1, 0.15) is 20.1 Å². The SMILES string of the molecule is O=C(O)CS(=O)(=O)[C@@H]1OC(=O)C(Cl)=C1Cl.O=C(O)CS(=O)(=O)[C@H]1OC(=O)C(Cl)=C1Cl. The number of ether oxygens (including phenoxy) is 2. The molecule has 0 bridgehead atoms. The normalized spacial score (nSPS) is 21.7. The minimum Gasteiger partial charge on any atom is -0.480 e. The lowest BCUT2D eigenvalue weighted by molar-refractivity contribution is -0.137. The number of esters is 2. The maximum Gasteiger partial charge on any atom is 0.352 e. The molecule has 0 aliphatic carbocycles. The first-order valence-electron chi connectivity index (χ1n) is 6.90. The van der Waals surface area contributed by atoms with E-state index < -0.39 is 86.1 Å². The lowest BCUT2D eigenvalue weighted by Crippen LogP contribution is -2.28. The molecule has 0 amide bonds. The van der Waals surface area contributed by atoms with E-state index in [2.05, 4.69) is 9.47 Å². The molecule has 0 saturated heterocycles. The number of carbonyl (C=O) groups is 4. The molecule has 30 heavy (non-hydrogen) atoms. The van der Waals surface area contributed by atoms with Crippen molar-refractivity contribution >= 4 is 90.0 Å². The van der Waals surface area contributed by atoms with Crippen LogP contribution in [0.1, 0.15) is 0 Å². The summed E-state index contributed by atoms with van der Waals surface area (Å²) in [6.07, 6.45) is 0. The number of hydrogen-bond acceptors (Lipinski definition) is 10. The second-order valence-corrected chi connectivity index (χ2v) is 10.9. The quantitative estimate of drug-likeness (QED) is 0.425. The maximum atomic E-state index is 11.3. The van der Waals surface area contributed by atoms with E-state index in [1.807, 2.05) is 0 Å². The predicted molar refractivity (Wildman–Crippen MR) is 100 cm³/mol. The first kappa shape index (κ1) is 26.5. The van der Waals surface area contributed by atoms with E-state index in [0.29, 0.717) is 0 Å². The van der Waals surface area contributed by atoms with Crippen molar-refractivity contribution in [3.05, 3.63) is 20.1 Å². The molecule has 0 unspecified atom stereocenters. The van der Waals surface area contributed by atoms with Crippen molar-refractivity contribution in [1.29, 1.82) is 0 Å². The Morgan fingerprint density at radius 3 is 1.17 bits per heavy atom. The fourth-order valence-electron chi connectivity index (χ4n) is 1.76. The zero-order valence-corrected chi connectivity index (χ0v) is 18.5. The van der Waals surface area contributed by atoms with Crippen molar-refractivity contribution in [1.82, 2.24) is 0 Å². The van der Waals surface area contributed by atoms with Gasteiger partial charge in [-0.2, -0.15) is 0 Å². The second kappa shape index (κ2) is 9.70. The van der Waals surface area contributed by atoms with E-state index >= 15 is 0 Å². The van der Waals surface area contributed by atoms with Gasteiger partial charge in [-0.3, -0.25) is 9.59 Å². The van der Waals surface area contributed by atoms with Gasteiger partial charge in [-0.05, 0) is 0 Å². The Labute approximate surface area is 187 Å². The van der Waals surface area contributed by atoms with Gasteiger partial charge < -0.3 is 19.7 Å². The van der Waals surface area contributed by atoms with Crippen LogP contribution in [0.25, 0.3) is 0 Å². The van der Waals surface area contributed by atoms with Gasteiger partial charge in [-0.25, -0.2) is 26.4 Å². The largest absolute Gasteiger partial charge is 0.480 e. The molecule has 2 atom stereocenters. The molecule has 0 aromatic heterocycles. The van der Waals surface area contributed by atoms with E-state index in [4.69, 9.17) is 56.6 Å². The van der Waals surface area contributed by atoms with Crippen LogP contribution in [0.3, 0.4) is 0 Å². The third kappa shape index (κ3) is 6.21. The Morgan fingerprint density at radius 1 is 0.733 bits per heavy atom. The molecule has 12 nitrogen and oxygen atoms in total. The molecule has 2 heterocycles. The first-order chi connectivity index (χ1) is 13.5. The molecule has 0 aromatic carbocycles. The Bertz CT molecular complexity index is 986. The number of hydrogen-bond donors (Lipinski definition) is 2. The monoisotopic (exact) mass is 548 g/mol. The summed E-state index contributed by atoms with van der Waals surface area (Å²) in [5.41, 5.74) is -3.62. The maximum absolute atomic E-state index is 11.3. The number of carboxylic acids is 2. The molecule has 0 radical (unpaired) electrons. The molecule has 0 saturated carbocycles. The first-order valence-corrected chi connectivity index (χ1v) is 11.8. The van der Waals surface area contributed by atoms with Crippen LogP contribution in [0.5, 0.6) is 0 Å². The number of sulfone groups is 2. The number of carboxylic acid groups (broad SMARTS) is 2. The molecule has 2 aliphatic heterocycles. The third-order valence-corrected chi connectivity index (χ3v) is 8.13. The lowest BCUT2D eigenvalue weighted by Gasteiger charge is -2.09. The third-order valence-electron chi connectivity index (χ3n) is 2.92. The van der Waals surface area contributed by atoms with Gasteiger partial charge in [0, 0.05) is 0 Å². The van der Waals surface area contributed by atoms with Crippen LogP contribution in [-0.2, 0) is 48.3 Å². The summed E-state index contributed by atoms with van der Waals surface area (Å²) in [7, 11) is -8.38.